The van der Waals surface area contributed by atoms with Gasteiger partial charge in [0.1, 0.15) is 11.2 Å². The molecule has 0 amide bonds. The highest BCUT2D eigenvalue weighted by atomic mass is 32.1. The van der Waals surface area contributed by atoms with Gasteiger partial charge < -0.3 is 9.32 Å². The van der Waals surface area contributed by atoms with Gasteiger partial charge >= 0.3 is 0 Å². The van der Waals surface area contributed by atoms with Crippen LogP contribution >= 0.6 is 11.3 Å². The maximum Gasteiger partial charge on any atom is 0.143 e. The molecule has 0 saturated heterocycles. The second-order valence-electron chi connectivity index (χ2n) is 14.7. The number of rotatable bonds is 7. The number of benzene rings is 8. The molecule has 8 aromatic carbocycles. The Hall–Kier alpha value is -6.94. The molecule has 2 nitrogen and oxygen atoms in total. The van der Waals surface area contributed by atoms with Crippen LogP contribution in [0.3, 0.4) is 0 Å². The van der Waals surface area contributed by atoms with Crippen LogP contribution in [0.15, 0.2) is 205 Å². The summed E-state index contributed by atoms with van der Waals surface area (Å²) in [5.74, 6) is 0. The van der Waals surface area contributed by atoms with Gasteiger partial charge in [0, 0.05) is 43.0 Å². The molecule has 3 heteroatoms. The lowest BCUT2D eigenvalue weighted by atomic mass is 9.91. The van der Waals surface area contributed by atoms with Gasteiger partial charge in [-0.2, -0.15) is 0 Å². The van der Waals surface area contributed by atoms with E-state index in [2.05, 4.69) is 193 Å². The molecule has 1 aliphatic rings. The van der Waals surface area contributed by atoms with E-state index in [9.17, 15) is 0 Å². The van der Waals surface area contributed by atoms with Crippen LogP contribution in [0.2, 0.25) is 0 Å². The van der Waals surface area contributed by atoms with E-state index in [0.717, 1.165) is 68.5 Å². The van der Waals surface area contributed by atoms with E-state index in [0.29, 0.717) is 0 Å². The minimum absolute atomic E-state index is 0.909. The van der Waals surface area contributed by atoms with Crippen molar-refractivity contribution in [3.63, 3.8) is 0 Å². The third-order valence-electron chi connectivity index (χ3n) is 11.4. The van der Waals surface area contributed by atoms with Crippen molar-refractivity contribution in [1.29, 1.82) is 0 Å². The van der Waals surface area contributed by atoms with Crippen molar-refractivity contribution in [1.82, 2.24) is 0 Å². The summed E-state index contributed by atoms with van der Waals surface area (Å²) in [6.07, 6.45) is 4.59. The molecule has 10 aromatic rings. The van der Waals surface area contributed by atoms with Crippen molar-refractivity contribution in [3.05, 3.63) is 216 Å². The first-order chi connectivity index (χ1) is 28.3. The minimum atomic E-state index is 0.909. The second kappa shape index (κ2) is 14.0. The zero-order chi connectivity index (χ0) is 37.7. The molecule has 0 bridgehead atoms. The Balaban J connectivity index is 0.977. The number of aryl methyl sites for hydroxylation is 1. The number of hydrogen-bond donors (Lipinski definition) is 0. The van der Waals surface area contributed by atoms with Crippen molar-refractivity contribution in [2.75, 3.05) is 4.90 Å². The number of allylic oxidation sites excluding steroid dienone is 1. The highest BCUT2D eigenvalue weighted by Crippen LogP contribution is 2.44. The van der Waals surface area contributed by atoms with Gasteiger partial charge in [0.25, 0.3) is 0 Å². The normalized spacial score (nSPS) is 12.5. The van der Waals surface area contributed by atoms with Gasteiger partial charge in [-0.05, 0) is 111 Å². The van der Waals surface area contributed by atoms with Gasteiger partial charge in [-0.3, -0.25) is 0 Å². The average Bonchev–Trinajstić information content (AvgIpc) is 3.87. The number of furan rings is 1. The average molecular weight is 748 g/mol. The first-order valence-electron chi connectivity index (χ1n) is 19.6. The zero-order valence-corrected chi connectivity index (χ0v) is 32.0. The maximum absolute atomic E-state index is 6.48. The third-order valence-corrected chi connectivity index (χ3v) is 12.7. The standard InChI is InChI=1S/C54H37NOS/c1-2-12-36(13-3-1)37-24-30-40(31-25-37)55(42-34-28-39(29-35-42)44-18-10-21-50-47-17-7-9-23-52(47)57-54(44)50)41-32-26-38(27-33-41)43-14-4-5-15-45(43)48-19-11-20-49-46-16-6-8-22-51(46)56-53(48)49/h1-9,11-20,22-35H,10,21H2. The molecule has 0 aliphatic heterocycles. The van der Waals surface area contributed by atoms with Crippen molar-refractivity contribution < 1.29 is 4.42 Å². The molecule has 0 N–H and O–H groups in total. The van der Waals surface area contributed by atoms with Crippen molar-refractivity contribution in [2.24, 2.45) is 0 Å². The lowest BCUT2D eigenvalue weighted by molar-refractivity contribution is 0.670. The van der Waals surface area contributed by atoms with Gasteiger partial charge in [-0.25, -0.2) is 0 Å². The Bertz CT molecular complexity index is 3100. The number of nitrogens with zero attached hydrogens (tertiary/aromatic N) is 1. The molecule has 270 valence electrons. The number of para-hydroxylation sites is 2. The molecule has 0 fully saturated rings. The van der Waals surface area contributed by atoms with Gasteiger partial charge in [-0.15, -0.1) is 11.3 Å². The molecular formula is C54H37NOS. The van der Waals surface area contributed by atoms with Crippen molar-refractivity contribution in [2.45, 2.75) is 12.8 Å². The topological polar surface area (TPSA) is 16.4 Å². The summed E-state index contributed by atoms with van der Waals surface area (Å²) in [5.41, 5.74) is 16.2. The van der Waals surface area contributed by atoms with Gasteiger partial charge in [0.2, 0.25) is 0 Å². The number of hydrogen-bond acceptors (Lipinski definition) is 3. The van der Waals surface area contributed by atoms with Crippen LogP contribution in [-0.2, 0) is 6.42 Å². The molecule has 0 atom stereocenters. The fraction of sp³-hybridized carbons (Fsp3) is 0.0370. The summed E-state index contributed by atoms with van der Waals surface area (Å²) in [7, 11) is 0. The largest absolute Gasteiger partial charge is 0.455 e. The molecule has 0 spiro atoms. The molecule has 2 aromatic heterocycles. The van der Waals surface area contributed by atoms with E-state index >= 15 is 0 Å². The molecule has 0 radical (unpaired) electrons. The molecule has 0 unspecified atom stereocenters. The lowest BCUT2D eigenvalue weighted by Gasteiger charge is -2.26. The van der Waals surface area contributed by atoms with Gasteiger partial charge in [-0.1, -0.05) is 152 Å². The zero-order valence-electron chi connectivity index (χ0n) is 31.2. The van der Waals surface area contributed by atoms with E-state index in [4.69, 9.17) is 4.42 Å². The Morgan fingerprint density at radius 1 is 0.421 bits per heavy atom. The summed E-state index contributed by atoms with van der Waals surface area (Å²) in [6, 6.07) is 69.9. The summed E-state index contributed by atoms with van der Waals surface area (Å²) >= 11 is 1.92. The monoisotopic (exact) mass is 747 g/mol. The number of fused-ring (bicyclic) bond motifs is 6. The molecule has 57 heavy (non-hydrogen) atoms. The maximum atomic E-state index is 6.48. The van der Waals surface area contributed by atoms with Crippen LogP contribution in [0, 0.1) is 0 Å². The summed E-state index contributed by atoms with van der Waals surface area (Å²) in [5, 5.41) is 3.68. The highest BCUT2D eigenvalue weighted by Gasteiger charge is 2.21. The lowest BCUT2D eigenvalue weighted by Crippen LogP contribution is -2.10. The predicted octanol–water partition coefficient (Wildman–Crippen LogP) is 15.6. The summed E-state index contributed by atoms with van der Waals surface area (Å²) < 4.78 is 7.85. The SMILES string of the molecule is C1=C(c2ccc(N(c3ccc(-c4ccccc4)cc3)c3ccc(-c4ccccc4-c4cccc5c4oc4ccccc45)cc3)cc2)c2sc3ccccc3c2CC1. The van der Waals surface area contributed by atoms with Crippen LogP contribution in [-0.4, -0.2) is 0 Å². The number of thiophene rings is 1. The van der Waals surface area contributed by atoms with Crippen LogP contribution in [0.4, 0.5) is 17.1 Å². The van der Waals surface area contributed by atoms with Crippen LogP contribution in [0.5, 0.6) is 0 Å². The Kier molecular flexibility index (Phi) is 8.19. The smallest absolute Gasteiger partial charge is 0.143 e. The molecule has 1 aliphatic carbocycles. The second-order valence-corrected chi connectivity index (χ2v) is 15.8. The first kappa shape index (κ1) is 33.4. The van der Waals surface area contributed by atoms with Crippen molar-refractivity contribution >= 4 is 66.0 Å². The fourth-order valence-electron chi connectivity index (χ4n) is 8.66. The fourth-order valence-corrected chi connectivity index (χ4v) is 9.97. The van der Waals surface area contributed by atoms with Crippen LogP contribution < -0.4 is 4.90 Å². The van der Waals surface area contributed by atoms with Crippen LogP contribution in [0.25, 0.3) is 71.0 Å². The first-order valence-corrected chi connectivity index (χ1v) is 20.5. The van der Waals surface area contributed by atoms with Crippen molar-refractivity contribution in [3.8, 4) is 33.4 Å². The van der Waals surface area contributed by atoms with E-state index in [1.165, 1.54) is 48.4 Å². The summed E-state index contributed by atoms with van der Waals surface area (Å²) in [4.78, 5) is 3.78. The highest BCUT2D eigenvalue weighted by molar-refractivity contribution is 7.20. The molecule has 2 heterocycles. The Morgan fingerprint density at radius 2 is 0.982 bits per heavy atom. The predicted molar refractivity (Wildman–Crippen MR) is 242 cm³/mol. The molecule has 0 saturated carbocycles. The van der Waals surface area contributed by atoms with E-state index in [-0.39, 0.29) is 0 Å². The third kappa shape index (κ3) is 5.87. The Morgan fingerprint density at radius 3 is 1.74 bits per heavy atom. The van der Waals surface area contributed by atoms with Crippen LogP contribution in [0.1, 0.15) is 22.4 Å². The summed E-state index contributed by atoms with van der Waals surface area (Å²) in [6.45, 7) is 0. The minimum Gasteiger partial charge on any atom is -0.455 e. The van der Waals surface area contributed by atoms with Gasteiger partial charge in [0.05, 0.1) is 0 Å². The molecular weight excluding hydrogens is 711 g/mol. The number of anilines is 3. The quantitative estimate of drug-likeness (QED) is 0.161. The van der Waals surface area contributed by atoms with E-state index in [1.807, 2.05) is 23.5 Å². The van der Waals surface area contributed by atoms with Gasteiger partial charge in [0.15, 0.2) is 0 Å². The molecule has 11 rings (SSSR count). The van der Waals surface area contributed by atoms with E-state index in [1.54, 1.807) is 0 Å². The Labute approximate surface area is 336 Å². The van der Waals surface area contributed by atoms with E-state index < -0.39 is 0 Å².